The Kier molecular flexibility index (Phi) is 6.56. The van der Waals surface area contributed by atoms with Crippen molar-refractivity contribution in [1.82, 2.24) is 4.90 Å². The summed E-state index contributed by atoms with van der Waals surface area (Å²) in [4.78, 5) is 15.1. The van der Waals surface area contributed by atoms with Crippen molar-refractivity contribution in [3.63, 3.8) is 0 Å². The molecule has 4 unspecified atom stereocenters. The number of carbonyl (C=O) groups is 1. The standard InChI is InChI=1S/C23H28N2O.ClH/c24-22-12-11-19-15-25(16-21(19)22)23(26)14-20(18-9-5-2-6-10-18)13-17-7-3-1-4-8-17;/h1-10,19-22H,11-16,24H2;1H. The molecule has 1 saturated carbocycles. The van der Waals surface area contributed by atoms with Gasteiger partial charge >= 0.3 is 0 Å². The molecule has 0 spiro atoms. The lowest BCUT2D eigenvalue weighted by Gasteiger charge is -2.23. The third kappa shape index (κ3) is 4.53. The number of hydrogen-bond donors (Lipinski definition) is 1. The van der Waals surface area contributed by atoms with E-state index in [1.54, 1.807) is 0 Å². The summed E-state index contributed by atoms with van der Waals surface area (Å²) < 4.78 is 0. The van der Waals surface area contributed by atoms with Crippen LogP contribution in [-0.2, 0) is 11.2 Å². The Morgan fingerprint density at radius 3 is 2.33 bits per heavy atom. The van der Waals surface area contributed by atoms with Gasteiger partial charge in [-0.2, -0.15) is 0 Å². The van der Waals surface area contributed by atoms with Gasteiger partial charge in [-0.3, -0.25) is 4.79 Å². The number of nitrogens with zero attached hydrogens (tertiary/aromatic N) is 1. The number of benzene rings is 2. The Bertz CT molecular complexity index is 737. The summed E-state index contributed by atoms with van der Waals surface area (Å²) >= 11 is 0. The molecule has 3 nitrogen and oxygen atoms in total. The quantitative estimate of drug-likeness (QED) is 0.846. The second-order valence-electron chi connectivity index (χ2n) is 7.97. The van der Waals surface area contributed by atoms with Gasteiger partial charge in [-0.05, 0) is 48.1 Å². The molecule has 1 amide bonds. The third-order valence-electron chi connectivity index (χ3n) is 6.28. The zero-order valence-electron chi connectivity index (χ0n) is 15.7. The summed E-state index contributed by atoms with van der Waals surface area (Å²) in [5.74, 6) is 1.65. The first-order valence-electron chi connectivity index (χ1n) is 9.83. The molecule has 4 atom stereocenters. The highest BCUT2D eigenvalue weighted by Crippen LogP contribution is 2.38. The van der Waals surface area contributed by atoms with Gasteiger partial charge in [0.05, 0.1) is 0 Å². The Morgan fingerprint density at radius 2 is 1.67 bits per heavy atom. The summed E-state index contributed by atoms with van der Waals surface area (Å²) in [6.45, 7) is 1.77. The van der Waals surface area contributed by atoms with Crippen molar-refractivity contribution < 1.29 is 4.79 Å². The minimum atomic E-state index is 0. The second kappa shape index (κ2) is 8.90. The van der Waals surface area contributed by atoms with E-state index < -0.39 is 0 Å². The van der Waals surface area contributed by atoms with Crippen LogP contribution in [-0.4, -0.2) is 29.9 Å². The van der Waals surface area contributed by atoms with E-state index in [-0.39, 0.29) is 30.3 Å². The van der Waals surface area contributed by atoms with Crippen LogP contribution >= 0.6 is 12.4 Å². The van der Waals surface area contributed by atoms with E-state index in [1.807, 2.05) is 12.1 Å². The number of likely N-dealkylation sites (tertiary alicyclic amines) is 1. The Balaban J connectivity index is 0.00000210. The van der Waals surface area contributed by atoms with E-state index in [4.69, 9.17) is 5.73 Å². The van der Waals surface area contributed by atoms with E-state index in [0.717, 1.165) is 25.9 Å². The molecule has 27 heavy (non-hydrogen) atoms. The summed E-state index contributed by atoms with van der Waals surface area (Å²) in [6.07, 6.45) is 3.78. The Hall–Kier alpha value is -1.84. The van der Waals surface area contributed by atoms with Crippen molar-refractivity contribution in [2.45, 2.75) is 37.6 Å². The number of nitrogens with two attached hydrogens (primary N) is 1. The Labute approximate surface area is 168 Å². The molecule has 2 N–H and O–H groups in total. The van der Waals surface area contributed by atoms with Crippen LogP contribution in [0, 0.1) is 11.8 Å². The minimum absolute atomic E-state index is 0. The van der Waals surface area contributed by atoms with Crippen molar-refractivity contribution in [1.29, 1.82) is 0 Å². The van der Waals surface area contributed by atoms with Crippen LogP contribution in [0.4, 0.5) is 0 Å². The molecule has 4 heteroatoms. The summed E-state index contributed by atoms with van der Waals surface area (Å²) in [5, 5.41) is 0. The van der Waals surface area contributed by atoms with Crippen LogP contribution in [0.3, 0.4) is 0 Å². The van der Waals surface area contributed by atoms with E-state index in [9.17, 15) is 4.79 Å². The van der Waals surface area contributed by atoms with Crippen molar-refractivity contribution in [2.75, 3.05) is 13.1 Å². The van der Waals surface area contributed by atoms with Crippen LogP contribution in [0.1, 0.15) is 36.3 Å². The molecule has 1 aliphatic carbocycles. The van der Waals surface area contributed by atoms with Crippen LogP contribution < -0.4 is 5.73 Å². The molecule has 1 heterocycles. The molecule has 2 aromatic rings. The molecular formula is C23H29ClN2O. The highest BCUT2D eigenvalue weighted by molar-refractivity contribution is 5.85. The smallest absolute Gasteiger partial charge is 0.223 e. The van der Waals surface area contributed by atoms with Crippen molar-refractivity contribution in [3.8, 4) is 0 Å². The van der Waals surface area contributed by atoms with Gasteiger partial charge in [0.2, 0.25) is 5.91 Å². The maximum atomic E-state index is 13.0. The minimum Gasteiger partial charge on any atom is -0.342 e. The first kappa shape index (κ1) is 19.9. The van der Waals surface area contributed by atoms with E-state index in [1.165, 1.54) is 17.5 Å². The van der Waals surface area contributed by atoms with Gasteiger partial charge in [-0.25, -0.2) is 0 Å². The highest BCUT2D eigenvalue weighted by Gasteiger charge is 2.42. The second-order valence-corrected chi connectivity index (χ2v) is 7.97. The molecule has 144 valence electrons. The van der Waals surface area contributed by atoms with Crippen LogP contribution in [0.15, 0.2) is 60.7 Å². The molecule has 0 radical (unpaired) electrons. The summed E-state index contributed by atoms with van der Waals surface area (Å²) in [5.41, 5.74) is 8.78. The first-order valence-corrected chi connectivity index (χ1v) is 9.83. The van der Waals surface area contributed by atoms with Crippen molar-refractivity contribution in [2.24, 2.45) is 17.6 Å². The van der Waals surface area contributed by atoms with Gasteiger partial charge in [0.1, 0.15) is 0 Å². The fraction of sp³-hybridized carbons (Fsp3) is 0.435. The monoisotopic (exact) mass is 384 g/mol. The third-order valence-corrected chi connectivity index (χ3v) is 6.28. The number of rotatable bonds is 5. The number of amides is 1. The number of carbonyl (C=O) groups excluding carboxylic acids is 1. The maximum absolute atomic E-state index is 13.0. The SMILES string of the molecule is Cl.NC1CCC2CN(C(=O)CC(Cc3ccccc3)c3ccccc3)CC12. The normalized spacial score (nSPS) is 24.9. The first-order chi connectivity index (χ1) is 12.7. The van der Waals surface area contributed by atoms with Gasteiger partial charge in [0.25, 0.3) is 0 Å². The molecule has 2 fully saturated rings. The van der Waals surface area contributed by atoms with Crippen LogP contribution in [0.5, 0.6) is 0 Å². The molecule has 2 aliphatic rings. The van der Waals surface area contributed by atoms with E-state index in [2.05, 4.69) is 53.4 Å². The molecule has 2 aromatic carbocycles. The van der Waals surface area contributed by atoms with Crippen molar-refractivity contribution in [3.05, 3.63) is 71.8 Å². The molecular weight excluding hydrogens is 356 g/mol. The number of hydrogen-bond acceptors (Lipinski definition) is 2. The maximum Gasteiger partial charge on any atom is 0.223 e. The largest absolute Gasteiger partial charge is 0.342 e. The molecule has 4 rings (SSSR count). The van der Waals surface area contributed by atoms with Gasteiger partial charge < -0.3 is 10.6 Å². The van der Waals surface area contributed by atoms with E-state index >= 15 is 0 Å². The predicted molar refractivity (Wildman–Crippen MR) is 112 cm³/mol. The summed E-state index contributed by atoms with van der Waals surface area (Å²) in [7, 11) is 0. The molecule has 0 bridgehead atoms. The lowest BCUT2D eigenvalue weighted by molar-refractivity contribution is -0.130. The van der Waals surface area contributed by atoms with Gasteiger partial charge in [0, 0.05) is 25.6 Å². The van der Waals surface area contributed by atoms with Crippen molar-refractivity contribution >= 4 is 18.3 Å². The average molecular weight is 385 g/mol. The molecule has 1 aliphatic heterocycles. The van der Waals surface area contributed by atoms with Gasteiger partial charge in [-0.15, -0.1) is 12.4 Å². The Morgan fingerprint density at radius 1 is 1.00 bits per heavy atom. The van der Waals surface area contributed by atoms with Crippen LogP contribution in [0.2, 0.25) is 0 Å². The zero-order valence-corrected chi connectivity index (χ0v) is 16.5. The van der Waals surface area contributed by atoms with Gasteiger partial charge in [0.15, 0.2) is 0 Å². The van der Waals surface area contributed by atoms with E-state index in [0.29, 0.717) is 18.3 Å². The highest BCUT2D eigenvalue weighted by atomic mass is 35.5. The number of fused-ring (bicyclic) bond motifs is 1. The zero-order chi connectivity index (χ0) is 17.9. The average Bonchev–Trinajstić information content (AvgIpc) is 3.25. The number of halogens is 1. The lowest BCUT2D eigenvalue weighted by Crippen LogP contribution is -2.34. The van der Waals surface area contributed by atoms with Gasteiger partial charge in [-0.1, -0.05) is 60.7 Å². The van der Waals surface area contributed by atoms with Crippen LogP contribution in [0.25, 0.3) is 0 Å². The molecule has 1 saturated heterocycles. The predicted octanol–water partition coefficient (Wildman–Crippen LogP) is 4.02. The fourth-order valence-electron chi connectivity index (χ4n) is 4.78. The summed E-state index contributed by atoms with van der Waals surface area (Å²) in [6, 6.07) is 21.2. The topological polar surface area (TPSA) is 46.3 Å². The lowest BCUT2D eigenvalue weighted by atomic mass is 9.89. The fourth-order valence-corrected chi connectivity index (χ4v) is 4.78. The molecule has 0 aromatic heterocycles.